The number of nitrogens with zero attached hydrogens (tertiary/aromatic N) is 3. The predicted octanol–water partition coefficient (Wildman–Crippen LogP) is 4.06. The highest BCUT2D eigenvalue weighted by Gasteiger charge is 2.16. The quantitative estimate of drug-likeness (QED) is 0.668. The number of pyridine rings is 1. The first-order valence-electron chi connectivity index (χ1n) is 8.78. The van der Waals surface area contributed by atoms with E-state index >= 15 is 0 Å². The second-order valence-corrected chi connectivity index (χ2v) is 7.45. The molecule has 5 nitrogen and oxygen atoms in total. The van der Waals surface area contributed by atoms with Gasteiger partial charge < -0.3 is 5.32 Å². The van der Waals surface area contributed by atoms with Crippen molar-refractivity contribution in [2.75, 3.05) is 5.75 Å². The molecular formula is C20H22N4OS. The molecule has 1 amide bonds. The van der Waals surface area contributed by atoms with Crippen molar-refractivity contribution >= 4 is 34.3 Å². The summed E-state index contributed by atoms with van der Waals surface area (Å²) in [4.78, 5) is 16.9. The van der Waals surface area contributed by atoms with E-state index in [1.54, 1.807) is 0 Å². The van der Waals surface area contributed by atoms with Crippen LogP contribution in [0.2, 0.25) is 0 Å². The number of carbonyl (C=O) groups is 1. The Hall–Kier alpha value is -2.52. The van der Waals surface area contributed by atoms with Crippen LogP contribution in [0.3, 0.4) is 0 Å². The number of amides is 1. The van der Waals surface area contributed by atoms with Gasteiger partial charge in [0.05, 0.1) is 27.4 Å². The minimum atomic E-state index is 0.0236. The summed E-state index contributed by atoms with van der Waals surface area (Å²) in [5, 5.41) is 13.5. The van der Waals surface area contributed by atoms with Gasteiger partial charge in [0, 0.05) is 6.04 Å². The summed E-state index contributed by atoms with van der Waals surface area (Å²) in [5.41, 5.74) is 3.89. The molecule has 26 heavy (non-hydrogen) atoms. The summed E-state index contributed by atoms with van der Waals surface area (Å²) < 4.78 is 1.98. The van der Waals surface area contributed by atoms with Crippen molar-refractivity contribution in [3.63, 3.8) is 0 Å². The third-order valence-corrected chi connectivity index (χ3v) is 5.33. The van der Waals surface area contributed by atoms with Gasteiger partial charge in [-0.15, -0.1) is 0 Å². The van der Waals surface area contributed by atoms with Crippen LogP contribution < -0.4 is 5.32 Å². The number of aromatic nitrogens is 2. The first-order valence-corrected chi connectivity index (χ1v) is 9.76. The molecule has 2 heterocycles. The normalized spacial score (nSPS) is 12.2. The maximum absolute atomic E-state index is 12.2. The standard InChI is InChI=1S/C20H22N4OS/c1-4-7-14(3)22-18(25)12-26-19-10-13(2)15(11-21)20-23-16-8-5-6-9-17(16)24(19)20/h5-6,8-10,14H,4,7,12H2,1-3H3,(H,22,25)/t14-/m0/s1. The van der Waals surface area contributed by atoms with E-state index in [-0.39, 0.29) is 11.9 Å². The van der Waals surface area contributed by atoms with Crippen molar-refractivity contribution in [2.45, 2.75) is 44.7 Å². The molecule has 3 aromatic rings. The Kier molecular flexibility index (Phi) is 5.48. The third-order valence-electron chi connectivity index (χ3n) is 4.33. The van der Waals surface area contributed by atoms with Crippen molar-refractivity contribution in [3.8, 4) is 6.07 Å². The number of aryl methyl sites for hydroxylation is 1. The number of thioether (sulfide) groups is 1. The molecule has 0 unspecified atom stereocenters. The highest BCUT2D eigenvalue weighted by Crippen LogP contribution is 2.29. The average Bonchev–Trinajstić information content (AvgIpc) is 2.99. The number of para-hydroxylation sites is 2. The van der Waals surface area contributed by atoms with Gasteiger partial charge in [-0.3, -0.25) is 9.20 Å². The Morgan fingerprint density at radius 2 is 2.19 bits per heavy atom. The smallest absolute Gasteiger partial charge is 0.230 e. The molecule has 134 valence electrons. The van der Waals surface area contributed by atoms with Gasteiger partial charge in [-0.25, -0.2) is 4.98 Å². The molecule has 0 spiro atoms. The van der Waals surface area contributed by atoms with Crippen LogP contribution in [-0.4, -0.2) is 27.1 Å². The number of imidazole rings is 1. The van der Waals surface area contributed by atoms with Crippen LogP contribution >= 0.6 is 11.8 Å². The van der Waals surface area contributed by atoms with Gasteiger partial charge in [-0.05, 0) is 44.0 Å². The Morgan fingerprint density at radius 3 is 2.92 bits per heavy atom. The highest BCUT2D eigenvalue weighted by atomic mass is 32.2. The fraction of sp³-hybridized carbons (Fsp3) is 0.350. The molecule has 0 radical (unpaired) electrons. The Morgan fingerprint density at radius 1 is 1.42 bits per heavy atom. The fourth-order valence-corrected chi connectivity index (χ4v) is 4.06. The zero-order chi connectivity index (χ0) is 18.7. The van der Waals surface area contributed by atoms with Crippen LogP contribution in [-0.2, 0) is 4.79 Å². The Labute approximate surface area is 157 Å². The SMILES string of the molecule is CCC[C@H](C)NC(=O)CSc1cc(C)c(C#N)c2nc3ccccc3n12. The number of nitrogens with one attached hydrogen (secondary N) is 1. The number of hydrogen-bond acceptors (Lipinski definition) is 4. The number of hydrogen-bond donors (Lipinski definition) is 1. The summed E-state index contributed by atoms with van der Waals surface area (Å²) in [6.07, 6.45) is 2.02. The molecular weight excluding hydrogens is 344 g/mol. The van der Waals surface area contributed by atoms with E-state index in [4.69, 9.17) is 0 Å². The molecule has 0 aliphatic carbocycles. The molecule has 1 aromatic carbocycles. The van der Waals surface area contributed by atoms with E-state index in [0.29, 0.717) is 17.0 Å². The molecule has 3 rings (SSSR count). The van der Waals surface area contributed by atoms with Crippen LogP contribution in [0.15, 0.2) is 35.4 Å². The molecule has 1 atom stereocenters. The third kappa shape index (κ3) is 3.54. The zero-order valence-electron chi connectivity index (χ0n) is 15.2. The van der Waals surface area contributed by atoms with Crippen LogP contribution in [0.5, 0.6) is 0 Å². The van der Waals surface area contributed by atoms with E-state index in [0.717, 1.165) is 34.5 Å². The summed E-state index contributed by atoms with van der Waals surface area (Å²) in [7, 11) is 0. The number of carbonyl (C=O) groups excluding carboxylic acids is 1. The van der Waals surface area contributed by atoms with E-state index in [1.165, 1.54) is 11.8 Å². The van der Waals surface area contributed by atoms with Crippen molar-refractivity contribution in [3.05, 3.63) is 41.5 Å². The van der Waals surface area contributed by atoms with Crippen LogP contribution in [0.4, 0.5) is 0 Å². The summed E-state index contributed by atoms with van der Waals surface area (Å²) >= 11 is 1.47. The minimum absolute atomic E-state index is 0.0236. The van der Waals surface area contributed by atoms with Gasteiger partial charge in [-0.1, -0.05) is 37.2 Å². The number of nitriles is 1. The number of fused-ring (bicyclic) bond motifs is 3. The molecule has 0 bridgehead atoms. The lowest BCUT2D eigenvalue weighted by molar-refractivity contribution is -0.119. The summed E-state index contributed by atoms with van der Waals surface area (Å²) in [5.74, 6) is 0.358. The molecule has 0 aliphatic heterocycles. The minimum Gasteiger partial charge on any atom is -0.353 e. The number of rotatable bonds is 6. The molecule has 0 aliphatic rings. The lowest BCUT2D eigenvalue weighted by Gasteiger charge is -2.13. The van der Waals surface area contributed by atoms with Crippen LogP contribution in [0.25, 0.3) is 16.7 Å². The molecule has 0 saturated heterocycles. The second kappa shape index (κ2) is 7.79. The van der Waals surface area contributed by atoms with E-state index in [2.05, 4.69) is 23.3 Å². The number of benzene rings is 1. The predicted molar refractivity (Wildman–Crippen MR) is 105 cm³/mol. The first kappa shape index (κ1) is 18.3. The average molecular weight is 366 g/mol. The Bertz CT molecular complexity index is 1000. The zero-order valence-corrected chi connectivity index (χ0v) is 16.1. The molecule has 1 N–H and O–H groups in total. The van der Waals surface area contributed by atoms with Crippen molar-refractivity contribution in [2.24, 2.45) is 0 Å². The van der Waals surface area contributed by atoms with E-state index < -0.39 is 0 Å². The molecule has 0 saturated carbocycles. The summed E-state index contributed by atoms with van der Waals surface area (Å²) in [6.45, 7) is 6.04. The molecule has 6 heteroatoms. The monoisotopic (exact) mass is 366 g/mol. The van der Waals surface area contributed by atoms with Crippen molar-refractivity contribution < 1.29 is 4.79 Å². The van der Waals surface area contributed by atoms with Gasteiger partial charge in [0.2, 0.25) is 5.91 Å². The van der Waals surface area contributed by atoms with Gasteiger partial charge in [0.1, 0.15) is 6.07 Å². The lowest BCUT2D eigenvalue weighted by atomic mass is 10.2. The molecule has 0 fully saturated rings. The van der Waals surface area contributed by atoms with Crippen molar-refractivity contribution in [1.82, 2.24) is 14.7 Å². The molecule has 2 aromatic heterocycles. The van der Waals surface area contributed by atoms with E-state index in [1.807, 2.05) is 48.6 Å². The van der Waals surface area contributed by atoms with E-state index in [9.17, 15) is 10.1 Å². The maximum atomic E-state index is 12.2. The second-order valence-electron chi connectivity index (χ2n) is 6.46. The van der Waals surface area contributed by atoms with Crippen LogP contribution in [0.1, 0.15) is 37.8 Å². The van der Waals surface area contributed by atoms with Gasteiger partial charge in [-0.2, -0.15) is 5.26 Å². The topological polar surface area (TPSA) is 70.2 Å². The van der Waals surface area contributed by atoms with Crippen molar-refractivity contribution in [1.29, 1.82) is 5.26 Å². The first-order chi connectivity index (χ1) is 12.5. The lowest BCUT2D eigenvalue weighted by Crippen LogP contribution is -2.33. The van der Waals surface area contributed by atoms with Gasteiger partial charge in [0.15, 0.2) is 5.65 Å². The van der Waals surface area contributed by atoms with Gasteiger partial charge in [0.25, 0.3) is 0 Å². The van der Waals surface area contributed by atoms with Crippen LogP contribution in [0, 0.1) is 18.3 Å². The summed E-state index contributed by atoms with van der Waals surface area (Å²) in [6, 6.07) is 12.2. The fourth-order valence-electron chi connectivity index (χ4n) is 3.12. The maximum Gasteiger partial charge on any atom is 0.230 e. The largest absolute Gasteiger partial charge is 0.353 e. The Balaban J connectivity index is 1.96. The van der Waals surface area contributed by atoms with Gasteiger partial charge >= 0.3 is 0 Å². The highest BCUT2D eigenvalue weighted by molar-refractivity contribution is 7.99.